The highest BCUT2D eigenvalue weighted by Crippen LogP contribution is 2.29. The van der Waals surface area contributed by atoms with Gasteiger partial charge in [0.25, 0.3) is 0 Å². The molecule has 1 unspecified atom stereocenters. The SMILES string of the molecule is CCNC(=O)CC1(C(=O)NCC)CCNC1.Cl. The summed E-state index contributed by atoms with van der Waals surface area (Å²) in [5.74, 6) is -0.0521. The minimum Gasteiger partial charge on any atom is -0.356 e. The predicted molar refractivity (Wildman–Crippen MR) is 69.2 cm³/mol. The van der Waals surface area contributed by atoms with Crippen molar-refractivity contribution in [1.82, 2.24) is 16.0 Å². The molecule has 0 aliphatic carbocycles. The van der Waals surface area contributed by atoms with E-state index in [4.69, 9.17) is 0 Å². The van der Waals surface area contributed by atoms with Crippen molar-refractivity contribution >= 4 is 24.2 Å². The molecule has 0 bridgehead atoms. The van der Waals surface area contributed by atoms with Crippen molar-refractivity contribution in [2.24, 2.45) is 5.41 Å². The van der Waals surface area contributed by atoms with Crippen molar-refractivity contribution in [1.29, 1.82) is 0 Å². The van der Waals surface area contributed by atoms with E-state index < -0.39 is 5.41 Å². The third-order valence-electron chi connectivity index (χ3n) is 2.94. The third-order valence-corrected chi connectivity index (χ3v) is 2.94. The fraction of sp³-hybridized carbons (Fsp3) is 0.818. The first-order chi connectivity index (χ1) is 7.64. The largest absolute Gasteiger partial charge is 0.356 e. The molecule has 17 heavy (non-hydrogen) atoms. The van der Waals surface area contributed by atoms with E-state index in [0.717, 1.165) is 13.0 Å². The minimum absolute atomic E-state index is 0. The van der Waals surface area contributed by atoms with E-state index in [9.17, 15) is 9.59 Å². The Morgan fingerprint density at radius 1 is 1.24 bits per heavy atom. The number of carbonyl (C=O) groups is 2. The molecule has 1 aliphatic heterocycles. The average molecular weight is 264 g/mol. The van der Waals surface area contributed by atoms with Gasteiger partial charge in [0.15, 0.2) is 0 Å². The van der Waals surface area contributed by atoms with Crippen LogP contribution in [0.1, 0.15) is 26.7 Å². The third kappa shape index (κ3) is 4.16. The molecule has 1 atom stereocenters. The second-order valence-corrected chi connectivity index (χ2v) is 4.20. The summed E-state index contributed by atoms with van der Waals surface area (Å²) in [6, 6.07) is 0. The lowest BCUT2D eigenvalue weighted by atomic mass is 9.82. The van der Waals surface area contributed by atoms with Crippen molar-refractivity contribution in [2.45, 2.75) is 26.7 Å². The van der Waals surface area contributed by atoms with Crippen LogP contribution >= 0.6 is 12.4 Å². The Morgan fingerprint density at radius 3 is 2.35 bits per heavy atom. The van der Waals surface area contributed by atoms with Crippen LogP contribution in [0.4, 0.5) is 0 Å². The Balaban J connectivity index is 0.00000256. The van der Waals surface area contributed by atoms with Crippen LogP contribution in [-0.4, -0.2) is 38.0 Å². The molecular formula is C11H22ClN3O2. The van der Waals surface area contributed by atoms with Crippen molar-refractivity contribution in [3.8, 4) is 0 Å². The lowest BCUT2D eigenvalue weighted by Crippen LogP contribution is -2.45. The van der Waals surface area contributed by atoms with Crippen molar-refractivity contribution in [3.63, 3.8) is 0 Å². The van der Waals surface area contributed by atoms with Gasteiger partial charge in [-0.25, -0.2) is 0 Å². The van der Waals surface area contributed by atoms with Crippen LogP contribution in [0.3, 0.4) is 0 Å². The fourth-order valence-corrected chi connectivity index (χ4v) is 2.08. The van der Waals surface area contributed by atoms with Gasteiger partial charge < -0.3 is 16.0 Å². The van der Waals surface area contributed by atoms with Gasteiger partial charge in [0.05, 0.1) is 5.41 Å². The average Bonchev–Trinajstić information content (AvgIpc) is 2.68. The van der Waals surface area contributed by atoms with Crippen molar-refractivity contribution in [3.05, 3.63) is 0 Å². The molecule has 2 amide bonds. The Morgan fingerprint density at radius 2 is 1.88 bits per heavy atom. The molecule has 0 aromatic heterocycles. The molecule has 3 N–H and O–H groups in total. The molecule has 0 aromatic rings. The first-order valence-electron chi connectivity index (χ1n) is 5.90. The van der Waals surface area contributed by atoms with Gasteiger partial charge in [-0.2, -0.15) is 0 Å². The normalized spacial score (nSPS) is 22.7. The zero-order valence-corrected chi connectivity index (χ0v) is 11.3. The molecule has 6 heteroatoms. The summed E-state index contributed by atoms with van der Waals surface area (Å²) < 4.78 is 0. The van der Waals surface area contributed by atoms with Crippen LogP contribution < -0.4 is 16.0 Å². The molecule has 1 heterocycles. The molecule has 0 aromatic carbocycles. The van der Waals surface area contributed by atoms with E-state index >= 15 is 0 Å². The number of halogens is 1. The molecular weight excluding hydrogens is 242 g/mol. The Kier molecular flexibility index (Phi) is 7.15. The van der Waals surface area contributed by atoms with Crippen LogP contribution in [0.15, 0.2) is 0 Å². The number of rotatable bonds is 5. The lowest BCUT2D eigenvalue weighted by molar-refractivity contribution is -0.135. The topological polar surface area (TPSA) is 70.2 Å². The van der Waals surface area contributed by atoms with Crippen LogP contribution in [0.5, 0.6) is 0 Å². The predicted octanol–water partition coefficient (Wildman–Crippen LogP) is 0.0502. The van der Waals surface area contributed by atoms with Gasteiger partial charge in [-0.05, 0) is 26.8 Å². The number of amides is 2. The molecule has 1 rings (SSSR count). The summed E-state index contributed by atoms with van der Waals surface area (Å²) in [5.41, 5.74) is -0.546. The zero-order chi connectivity index (χ0) is 12.0. The van der Waals surface area contributed by atoms with Gasteiger partial charge in [0, 0.05) is 26.1 Å². The summed E-state index contributed by atoms with van der Waals surface area (Å²) in [6.45, 7) is 6.38. The Hall–Kier alpha value is -0.810. The summed E-state index contributed by atoms with van der Waals surface area (Å²) in [6.07, 6.45) is 1.01. The second kappa shape index (κ2) is 7.50. The highest BCUT2D eigenvalue weighted by Gasteiger charge is 2.42. The number of carbonyl (C=O) groups excluding carboxylic acids is 2. The van der Waals surface area contributed by atoms with Gasteiger partial charge in [-0.15, -0.1) is 12.4 Å². The smallest absolute Gasteiger partial charge is 0.228 e. The highest BCUT2D eigenvalue weighted by atomic mass is 35.5. The fourth-order valence-electron chi connectivity index (χ4n) is 2.08. The second-order valence-electron chi connectivity index (χ2n) is 4.20. The Labute approximate surface area is 109 Å². The number of hydrogen-bond donors (Lipinski definition) is 3. The molecule has 100 valence electrons. The standard InChI is InChI=1S/C11H21N3O2.ClH/c1-3-13-9(15)7-11(5-6-12-8-11)10(16)14-4-2;/h12H,3-8H2,1-2H3,(H,13,15)(H,14,16);1H. The molecule has 1 aliphatic rings. The molecule has 0 radical (unpaired) electrons. The van der Waals surface area contributed by atoms with E-state index in [0.29, 0.717) is 19.6 Å². The van der Waals surface area contributed by atoms with Crippen molar-refractivity contribution in [2.75, 3.05) is 26.2 Å². The maximum atomic E-state index is 12.0. The maximum Gasteiger partial charge on any atom is 0.228 e. The molecule has 5 nitrogen and oxygen atoms in total. The number of nitrogens with one attached hydrogen (secondary N) is 3. The minimum atomic E-state index is -0.546. The highest BCUT2D eigenvalue weighted by molar-refractivity contribution is 5.89. The first kappa shape index (κ1) is 16.2. The van der Waals surface area contributed by atoms with Gasteiger partial charge >= 0.3 is 0 Å². The monoisotopic (exact) mass is 263 g/mol. The summed E-state index contributed by atoms with van der Waals surface area (Å²) in [7, 11) is 0. The molecule has 0 saturated carbocycles. The van der Waals surface area contributed by atoms with Gasteiger partial charge in [0.1, 0.15) is 0 Å². The summed E-state index contributed by atoms with van der Waals surface area (Å²) in [5, 5.41) is 8.72. The quantitative estimate of drug-likeness (QED) is 0.657. The maximum absolute atomic E-state index is 12.0. The number of hydrogen-bond acceptors (Lipinski definition) is 3. The van der Waals surface area contributed by atoms with E-state index in [1.807, 2.05) is 13.8 Å². The van der Waals surface area contributed by atoms with Crippen LogP contribution in [-0.2, 0) is 9.59 Å². The van der Waals surface area contributed by atoms with E-state index in [-0.39, 0.29) is 30.6 Å². The first-order valence-corrected chi connectivity index (χ1v) is 5.90. The van der Waals surface area contributed by atoms with Crippen molar-refractivity contribution < 1.29 is 9.59 Å². The van der Waals surface area contributed by atoms with Gasteiger partial charge in [-0.3, -0.25) is 9.59 Å². The van der Waals surface area contributed by atoms with E-state index in [2.05, 4.69) is 16.0 Å². The van der Waals surface area contributed by atoms with E-state index in [1.54, 1.807) is 0 Å². The molecule has 1 fully saturated rings. The van der Waals surface area contributed by atoms with Gasteiger partial charge in [-0.1, -0.05) is 0 Å². The zero-order valence-electron chi connectivity index (χ0n) is 10.5. The lowest BCUT2D eigenvalue weighted by Gasteiger charge is -2.25. The summed E-state index contributed by atoms with van der Waals surface area (Å²) in [4.78, 5) is 23.6. The van der Waals surface area contributed by atoms with Crippen LogP contribution in [0.25, 0.3) is 0 Å². The van der Waals surface area contributed by atoms with Gasteiger partial charge in [0.2, 0.25) is 11.8 Å². The van der Waals surface area contributed by atoms with Crippen LogP contribution in [0, 0.1) is 5.41 Å². The molecule has 1 saturated heterocycles. The van der Waals surface area contributed by atoms with E-state index in [1.165, 1.54) is 0 Å². The summed E-state index contributed by atoms with van der Waals surface area (Å²) >= 11 is 0. The Bertz CT molecular complexity index is 265. The molecule has 0 spiro atoms. The van der Waals surface area contributed by atoms with Crippen LogP contribution in [0.2, 0.25) is 0 Å².